The number of anilines is 1. The van der Waals surface area contributed by atoms with Crippen LogP contribution in [0, 0.1) is 18.8 Å². The number of aromatic amines is 1. The summed E-state index contributed by atoms with van der Waals surface area (Å²) < 4.78 is 72.5. The molecule has 1 aromatic heterocycles. The number of alkyl halides is 5. The van der Waals surface area contributed by atoms with Crippen LogP contribution in [0.2, 0.25) is 0 Å². The van der Waals surface area contributed by atoms with Crippen molar-refractivity contribution in [2.24, 2.45) is 11.8 Å². The third kappa shape index (κ3) is 11.6. The van der Waals surface area contributed by atoms with Crippen molar-refractivity contribution in [3.8, 4) is 11.1 Å². The van der Waals surface area contributed by atoms with Gasteiger partial charge in [0.15, 0.2) is 5.82 Å². The fourth-order valence-corrected chi connectivity index (χ4v) is 7.77. The molecule has 1 aliphatic heterocycles. The minimum Gasteiger partial charge on any atom is -0.465 e. The number of ether oxygens (including phenoxy) is 1. The first kappa shape index (κ1) is 46.2. The van der Waals surface area contributed by atoms with E-state index in [2.05, 4.69) is 26.3 Å². The zero-order valence-electron chi connectivity index (χ0n) is 35.1. The van der Waals surface area contributed by atoms with Crippen molar-refractivity contribution < 1.29 is 55.8 Å². The minimum atomic E-state index is -5.88. The molecular formula is C44H50F5N7O7. The summed E-state index contributed by atoms with van der Waals surface area (Å²) >= 11 is 0. The third-order valence-corrected chi connectivity index (χ3v) is 11.2. The Balaban J connectivity index is 1.14. The zero-order chi connectivity index (χ0) is 45.9. The van der Waals surface area contributed by atoms with Crippen LogP contribution in [0.4, 0.5) is 37.2 Å². The van der Waals surface area contributed by atoms with Crippen LogP contribution in [0.5, 0.6) is 0 Å². The Morgan fingerprint density at radius 3 is 2.24 bits per heavy atom. The lowest BCUT2D eigenvalue weighted by molar-refractivity contribution is -0.292. The van der Waals surface area contributed by atoms with Crippen LogP contribution in [-0.4, -0.2) is 93.4 Å². The summed E-state index contributed by atoms with van der Waals surface area (Å²) in [7, 11) is 0. The molecule has 2 atom stereocenters. The maximum atomic E-state index is 14.0. The maximum absolute atomic E-state index is 14.0. The average molecular weight is 884 g/mol. The van der Waals surface area contributed by atoms with Crippen LogP contribution in [0.1, 0.15) is 80.2 Å². The SMILES string of the molecule is Cc1cc(C(=O)NC2CCN(C(=O)O)C2)ccc1-c1ccc(CC(NC(=O)C2CCC(CNC(=O)OC(C)(C)C)CC2)C(=O)Nc2ccc3nc(C(F)(F)C(F)(F)F)[nH]c3c2)cc1. The largest absolute Gasteiger partial charge is 0.465 e. The molecule has 2 heterocycles. The van der Waals surface area contributed by atoms with Gasteiger partial charge in [-0.05, 0) is 118 Å². The number of hydrogen-bond donors (Lipinski definition) is 6. The van der Waals surface area contributed by atoms with Gasteiger partial charge in [0, 0.05) is 49.3 Å². The van der Waals surface area contributed by atoms with Crippen molar-refractivity contribution in [2.75, 3.05) is 25.0 Å². The van der Waals surface area contributed by atoms with E-state index in [1.165, 1.54) is 23.1 Å². The number of alkyl carbamates (subject to hydrolysis) is 1. The Labute approximate surface area is 359 Å². The third-order valence-electron chi connectivity index (χ3n) is 11.2. The van der Waals surface area contributed by atoms with E-state index >= 15 is 0 Å². The molecule has 2 aliphatic rings. The van der Waals surface area contributed by atoms with E-state index < -0.39 is 53.6 Å². The van der Waals surface area contributed by atoms with Crippen LogP contribution in [0.3, 0.4) is 0 Å². The normalized spacial score (nSPS) is 18.7. The molecule has 63 heavy (non-hydrogen) atoms. The number of nitrogens with zero attached hydrogens (tertiary/aromatic N) is 2. The number of halogens is 5. The minimum absolute atomic E-state index is 0.0276. The lowest BCUT2D eigenvalue weighted by Crippen LogP contribution is -2.48. The number of aromatic nitrogens is 2. The molecule has 338 valence electrons. The lowest BCUT2D eigenvalue weighted by Gasteiger charge is -2.29. The summed E-state index contributed by atoms with van der Waals surface area (Å²) in [6.45, 7) is 8.09. The highest BCUT2D eigenvalue weighted by Gasteiger charge is 2.61. The van der Waals surface area contributed by atoms with E-state index in [1.54, 1.807) is 51.1 Å². The maximum Gasteiger partial charge on any atom is 0.461 e. The van der Waals surface area contributed by atoms with Gasteiger partial charge in [-0.1, -0.05) is 30.3 Å². The second-order valence-electron chi connectivity index (χ2n) is 17.2. The predicted molar refractivity (Wildman–Crippen MR) is 222 cm³/mol. The van der Waals surface area contributed by atoms with Crippen molar-refractivity contribution >= 4 is 46.6 Å². The van der Waals surface area contributed by atoms with Gasteiger partial charge in [-0.15, -0.1) is 0 Å². The first-order valence-corrected chi connectivity index (χ1v) is 20.6. The van der Waals surface area contributed by atoms with Crippen LogP contribution in [0.25, 0.3) is 22.2 Å². The van der Waals surface area contributed by atoms with E-state index in [9.17, 15) is 51.0 Å². The van der Waals surface area contributed by atoms with Crippen molar-refractivity contribution in [1.82, 2.24) is 30.8 Å². The van der Waals surface area contributed by atoms with Crippen molar-refractivity contribution in [2.45, 2.75) is 96.0 Å². The van der Waals surface area contributed by atoms with Crippen LogP contribution >= 0.6 is 0 Å². The molecule has 1 saturated carbocycles. The monoisotopic (exact) mass is 883 g/mol. The first-order valence-electron chi connectivity index (χ1n) is 20.6. The van der Waals surface area contributed by atoms with E-state index in [4.69, 9.17) is 4.74 Å². The summed E-state index contributed by atoms with van der Waals surface area (Å²) in [4.78, 5) is 70.7. The molecule has 2 unspecified atom stereocenters. The van der Waals surface area contributed by atoms with Gasteiger partial charge in [-0.3, -0.25) is 14.4 Å². The number of aryl methyl sites for hydroxylation is 1. The van der Waals surface area contributed by atoms with E-state index in [1.807, 2.05) is 24.0 Å². The first-order chi connectivity index (χ1) is 29.6. The molecule has 19 heteroatoms. The Bertz CT molecular complexity index is 2340. The van der Waals surface area contributed by atoms with Crippen LogP contribution in [-0.2, 0) is 26.7 Å². The quantitative estimate of drug-likeness (QED) is 0.0780. The molecule has 0 spiro atoms. The highest BCUT2D eigenvalue weighted by atomic mass is 19.4. The number of nitrogens with one attached hydrogen (secondary N) is 5. The van der Waals surface area contributed by atoms with E-state index in [-0.39, 0.29) is 53.5 Å². The number of carbonyl (C=O) groups excluding carboxylic acids is 4. The Kier molecular flexibility index (Phi) is 13.7. The highest BCUT2D eigenvalue weighted by Crippen LogP contribution is 2.43. The number of imidazole rings is 1. The van der Waals surface area contributed by atoms with Crippen molar-refractivity contribution in [3.63, 3.8) is 0 Å². The molecule has 1 saturated heterocycles. The standard InChI is InChI=1S/C44H50F5N7O7/c1-24-19-29(37(58)52-31-17-18-56(23-31)41(61)62)13-15-32(24)27-9-5-25(6-10-27)20-35(53-36(57)28-11-7-26(8-12-28)22-50-40(60)63-42(2,3)4)38(59)51-30-14-16-33-34(21-30)55-39(54-33)43(45,46)44(47,48)49/h5-6,9-10,13-16,19,21,26,28,31,35H,7-8,11-12,17-18,20,22-23H2,1-4H3,(H,50,60)(H,51,59)(H,52,58)(H,53,57)(H,54,55)(H,61,62). The van der Waals surface area contributed by atoms with Crippen molar-refractivity contribution in [1.29, 1.82) is 0 Å². The van der Waals surface area contributed by atoms with E-state index in [0.29, 0.717) is 56.3 Å². The number of likely N-dealkylation sites (tertiary alicyclic amines) is 1. The molecular weight excluding hydrogens is 834 g/mol. The summed E-state index contributed by atoms with van der Waals surface area (Å²) in [6.07, 6.45) is -4.61. The van der Waals surface area contributed by atoms with Gasteiger partial charge < -0.3 is 41.0 Å². The number of amides is 5. The number of hydrogen-bond acceptors (Lipinski definition) is 7. The summed E-state index contributed by atoms with van der Waals surface area (Å²) in [5, 5.41) is 20.4. The predicted octanol–water partition coefficient (Wildman–Crippen LogP) is 7.67. The number of H-pyrrole nitrogens is 1. The molecule has 2 fully saturated rings. The molecule has 4 aromatic rings. The van der Waals surface area contributed by atoms with Gasteiger partial charge in [0.1, 0.15) is 11.6 Å². The topological polar surface area (TPSA) is 195 Å². The van der Waals surface area contributed by atoms with Crippen LogP contribution in [0.15, 0.2) is 60.7 Å². The summed E-state index contributed by atoms with van der Waals surface area (Å²) in [6, 6.07) is 14.7. The number of carbonyl (C=O) groups is 5. The van der Waals surface area contributed by atoms with Gasteiger partial charge in [0.05, 0.1) is 11.0 Å². The fourth-order valence-electron chi connectivity index (χ4n) is 7.77. The van der Waals surface area contributed by atoms with Gasteiger partial charge in [0.25, 0.3) is 5.91 Å². The molecule has 1 aliphatic carbocycles. The molecule has 0 bridgehead atoms. The molecule has 6 rings (SSSR count). The Morgan fingerprint density at radius 1 is 0.921 bits per heavy atom. The number of rotatable bonds is 12. The molecule has 5 amide bonds. The van der Waals surface area contributed by atoms with Gasteiger partial charge in [-0.2, -0.15) is 22.0 Å². The smallest absolute Gasteiger partial charge is 0.461 e. The van der Waals surface area contributed by atoms with Crippen LogP contribution < -0.4 is 21.3 Å². The molecule has 6 N–H and O–H groups in total. The van der Waals surface area contributed by atoms with Gasteiger partial charge in [0.2, 0.25) is 11.8 Å². The molecule has 14 nitrogen and oxygen atoms in total. The second kappa shape index (κ2) is 18.6. The molecule has 0 radical (unpaired) electrons. The lowest BCUT2D eigenvalue weighted by atomic mass is 9.81. The number of fused-ring (bicyclic) bond motifs is 1. The summed E-state index contributed by atoms with van der Waals surface area (Å²) in [5.74, 6) is -8.49. The Hall–Kier alpha value is -6.27. The van der Waals surface area contributed by atoms with E-state index in [0.717, 1.165) is 16.7 Å². The van der Waals surface area contributed by atoms with Gasteiger partial charge in [-0.25, -0.2) is 14.6 Å². The zero-order valence-corrected chi connectivity index (χ0v) is 35.1. The second-order valence-corrected chi connectivity index (χ2v) is 17.2. The molecule has 3 aromatic carbocycles. The van der Waals surface area contributed by atoms with Crippen molar-refractivity contribution in [3.05, 3.63) is 83.2 Å². The number of carboxylic acid groups (broad SMARTS) is 1. The average Bonchev–Trinajstić information content (AvgIpc) is 3.87. The Morgan fingerprint density at radius 2 is 1.62 bits per heavy atom. The number of benzene rings is 3. The van der Waals surface area contributed by atoms with Gasteiger partial charge >= 0.3 is 24.3 Å². The fraction of sp³-hybridized carbons (Fsp3) is 0.455. The summed E-state index contributed by atoms with van der Waals surface area (Å²) in [5.41, 5.74) is 2.59. The highest BCUT2D eigenvalue weighted by molar-refractivity contribution is 5.99.